The predicted molar refractivity (Wildman–Crippen MR) is 134 cm³/mol. The topological polar surface area (TPSA) is 146 Å². The van der Waals surface area contributed by atoms with E-state index in [-0.39, 0.29) is 38.7 Å². The van der Waals surface area contributed by atoms with Crippen molar-refractivity contribution in [1.82, 2.24) is 8.96 Å². The molecule has 4 rings (SSSR count). The Morgan fingerprint density at radius 1 is 0.917 bits per heavy atom. The first-order valence-electron chi connectivity index (χ1n) is 10.6. The van der Waals surface area contributed by atoms with Crippen molar-refractivity contribution in [3.05, 3.63) is 124 Å². The standard InChI is InChI=1S/C24H19N2O5S.N3.Na/c27-24(31-17-19-9-5-2-6-10-19)23-21(13-14-26(23)32(28)29)20-11-12-22(25-15-20)30-16-18-7-3-1-4-8-18;1-3-2;/h1-15H,16-17H2;;/q;-1;. The van der Waals surface area contributed by atoms with Gasteiger partial charge in [-0.1, -0.05) is 18.2 Å². The molecule has 4 aromatic rings. The Morgan fingerprint density at radius 2 is 1.50 bits per heavy atom. The number of hydrogen-bond acceptors (Lipinski definition) is 6. The molecule has 0 saturated carbocycles. The number of rotatable bonds is 8. The number of carbonyl (C=O) groups is 1. The van der Waals surface area contributed by atoms with Crippen molar-refractivity contribution in [2.45, 2.75) is 13.2 Å². The first-order chi connectivity index (χ1) is 17.3. The van der Waals surface area contributed by atoms with Gasteiger partial charge in [-0.25, -0.2) is 0 Å². The molecule has 10 nitrogen and oxygen atoms in total. The van der Waals surface area contributed by atoms with Crippen LogP contribution in [0.4, 0.5) is 0 Å². The molecule has 0 aliphatic rings. The largest absolute Gasteiger partial charge is 0.373 e. The van der Waals surface area contributed by atoms with E-state index in [9.17, 15) is 13.2 Å². The van der Waals surface area contributed by atoms with Gasteiger partial charge < -0.3 is 11.1 Å². The van der Waals surface area contributed by atoms with Crippen LogP contribution in [-0.2, 0) is 24.1 Å². The zero-order valence-corrected chi connectivity index (χ0v) is 22.1. The van der Waals surface area contributed by atoms with E-state index in [1.54, 1.807) is 24.4 Å². The fraction of sp³-hybridized carbons (Fsp3) is 0.0833. The van der Waals surface area contributed by atoms with Crippen LogP contribution in [0.2, 0.25) is 0 Å². The van der Waals surface area contributed by atoms with Gasteiger partial charge in [0.1, 0.15) is 0 Å². The molecule has 0 fully saturated rings. The van der Waals surface area contributed by atoms with Crippen LogP contribution in [0.3, 0.4) is 0 Å². The summed E-state index contributed by atoms with van der Waals surface area (Å²) in [7, 11) is 0. The normalized spacial score (nSPS) is 10.5. The molecule has 0 amide bonds. The number of pyridine rings is 1. The van der Waals surface area contributed by atoms with Gasteiger partial charge in [0.25, 0.3) is 0 Å². The van der Waals surface area contributed by atoms with Gasteiger partial charge in [-0.3, -0.25) is 4.91 Å². The van der Waals surface area contributed by atoms with E-state index in [0.29, 0.717) is 23.6 Å². The minimum absolute atomic E-state index is 0.0377. The smallest absolute Gasteiger partial charge is 0.255 e. The first kappa shape index (κ1) is 27.0. The summed E-state index contributed by atoms with van der Waals surface area (Å²) in [6.07, 6.45) is -0.665. The van der Waals surface area contributed by atoms with Crippen LogP contribution in [0.15, 0.2) is 91.3 Å². The molecule has 12 heteroatoms. The van der Waals surface area contributed by atoms with Crippen LogP contribution in [0.1, 0.15) is 21.6 Å². The predicted octanol–water partition coefficient (Wildman–Crippen LogP) is 4.61. The van der Waals surface area contributed by atoms with E-state index >= 15 is 0 Å². The number of ether oxygens (including phenoxy) is 2. The Balaban J connectivity index is 0.00000115. The second-order valence-corrected chi connectivity index (χ2v) is 12.4. The number of nitrogens with zero attached hydrogens (tertiary/aromatic N) is 5. The van der Waals surface area contributed by atoms with Crippen LogP contribution < -0.4 is 4.74 Å². The van der Waals surface area contributed by atoms with E-state index in [4.69, 9.17) is 20.5 Å². The Morgan fingerprint density at radius 3 is 2.03 bits per heavy atom. The summed E-state index contributed by atoms with van der Waals surface area (Å²) in [5.74, 6) is -0.298. The fourth-order valence-corrected chi connectivity index (χ4v) is 4.97. The van der Waals surface area contributed by atoms with E-state index in [1.165, 1.54) is 11.1 Å². The molecule has 0 N–H and O–H groups in total. The Hall–Kier alpha value is -3.60. The second kappa shape index (κ2) is 12.9. The van der Waals surface area contributed by atoms with Gasteiger partial charge in [-0.05, 0) is 0 Å². The SMILES string of the molecule is O=C(OCc1ccccc1)c1c(-c2ccc(OCc3ccccc3)nc2)ccn1[S](=O)(=O)[Na].[N-]=[N+]=[N-]. The van der Waals surface area contributed by atoms with E-state index in [0.717, 1.165) is 15.1 Å². The van der Waals surface area contributed by atoms with Crippen molar-refractivity contribution in [3.63, 3.8) is 0 Å². The summed E-state index contributed by atoms with van der Waals surface area (Å²) in [5, 5.41) is 0. The van der Waals surface area contributed by atoms with Gasteiger partial charge in [0.15, 0.2) is 0 Å². The second-order valence-electron chi connectivity index (χ2n) is 7.45. The minimum atomic E-state index is -3.59. The van der Waals surface area contributed by atoms with Gasteiger partial charge in [-0.2, -0.15) is 0 Å². The number of benzene rings is 2. The molecule has 36 heavy (non-hydrogen) atoms. The third-order valence-electron chi connectivity index (χ3n) is 4.89. The van der Waals surface area contributed by atoms with Crippen LogP contribution >= 0.6 is 0 Å². The molecule has 0 saturated heterocycles. The van der Waals surface area contributed by atoms with Gasteiger partial charge in [-0.15, -0.1) is 0 Å². The van der Waals surface area contributed by atoms with E-state index in [1.807, 2.05) is 60.7 Å². The quantitative estimate of drug-likeness (QED) is 0.111. The third-order valence-corrected chi connectivity index (χ3v) is 7.09. The summed E-state index contributed by atoms with van der Waals surface area (Å²) < 4.78 is 36.8. The molecule has 0 aliphatic carbocycles. The summed E-state index contributed by atoms with van der Waals surface area (Å²) in [5.41, 5.74) is 16.3. The summed E-state index contributed by atoms with van der Waals surface area (Å²) in [6, 6.07) is 23.9. The maximum Gasteiger partial charge on any atom is -0.255 e. The van der Waals surface area contributed by atoms with Gasteiger partial charge >= 0.3 is 190 Å². The Bertz CT molecular complexity index is 1440. The molecular weight excluding hydrogens is 493 g/mol. The Kier molecular flexibility index (Phi) is 9.69. The zero-order valence-electron chi connectivity index (χ0n) is 19.3. The monoisotopic (exact) mass is 512 g/mol. The third kappa shape index (κ3) is 7.45. The van der Waals surface area contributed by atoms with Crippen molar-refractivity contribution in [3.8, 4) is 17.0 Å². The summed E-state index contributed by atoms with van der Waals surface area (Å²) >= 11 is -0.156. The molecule has 0 bridgehead atoms. The van der Waals surface area contributed by atoms with Crippen molar-refractivity contribution < 1.29 is 22.7 Å². The summed E-state index contributed by atoms with van der Waals surface area (Å²) in [6.45, 7) is 0.412. The summed E-state index contributed by atoms with van der Waals surface area (Å²) in [4.78, 5) is 18.7. The number of aromatic nitrogens is 2. The molecule has 0 aliphatic heterocycles. The zero-order chi connectivity index (χ0) is 26.0. The van der Waals surface area contributed by atoms with Crippen molar-refractivity contribution in [1.29, 1.82) is 0 Å². The Labute approximate surface area is 223 Å². The van der Waals surface area contributed by atoms with E-state index < -0.39 is 12.1 Å². The number of carbonyl (C=O) groups excluding carboxylic acids is 1. The fourth-order valence-electron chi connectivity index (χ4n) is 3.27. The molecule has 178 valence electrons. The minimum Gasteiger partial charge on any atom is -0.373 e. The van der Waals surface area contributed by atoms with E-state index in [2.05, 4.69) is 4.98 Å². The molecule has 2 aromatic carbocycles. The maximum absolute atomic E-state index is 12.9. The molecule has 0 atom stereocenters. The van der Waals surface area contributed by atoms with Gasteiger partial charge in [0.2, 0.25) is 0 Å². The average molecular weight is 513 g/mol. The van der Waals surface area contributed by atoms with Gasteiger partial charge in [0.05, 0.1) is 0 Å². The van der Waals surface area contributed by atoms with Crippen molar-refractivity contribution >= 4 is 38.5 Å². The average Bonchev–Trinajstić information content (AvgIpc) is 3.34. The van der Waals surface area contributed by atoms with Crippen molar-refractivity contribution in [2.24, 2.45) is 0 Å². The van der Waals surface area contributed by atoms with Crippen molar-refractivity contribution in [2.75, 3.05) is 0 Å². The van der Waals surface area contributed by atoms with Crippen LogP contribution in [-0.4, -0.2) is 49.7 Å². The molecule has 0 spiro atoms. The number of esters is 1. The maximum atomic E-state index is 12.9. The van der Waals surface area contributed by atoms with Crippen LogP contribution in [0.5, 0.6) is 5.88 Å². The van der Waals surface area contributed by atoms with Gasteiger partial charge in [0, 0.05) is 0 Å². The van der Waals surface area contributed by atoms with Crippen LogP contribution in [0.25, 0.3) is 27.1 Å². The molecule has 2 heterocycles. The first-order valence-corrected chi connectivity index (χ1v) is 14.9. The molecular formula is C24H19N5NaO5S-. The molecule has 2 aromatic heterocycles. The molecule has 0 unspecified atom stereocenters. The molecule has 0 radical (unpaired) electrons. The number of hydrogen-bond donors (Lipinski definition) is 0. The van der Waals surface area contributed by atoms with Crippen LogP contribution in [0, 0.1) is 0 Å².